The van der Waals surface area contributed by atoms with Crippen LogP contribution < -0.4 is 0 Å². The van der Waals surface area contributed by atoms with Crippen molar-refractivity contribution in [1.29, 1.82) is 0 Å². The second-order valence-corrected chi connectivity index (χ2v) is 4.50. The molecule has 0 radical (unpaired) electrons. The minimum absolute atomic E-state index is 0.872. The Morgan fingerprint density at radius 1 is 0.950 bits per heavy atom. The summed E-state index contributed by atoms with van der Waals surface area (Å²) in [4.78, 5) is 7.91. The summed E-state index contributed by atoms with van der Waals surface area (Å²) in [6.45, 7) is 0. The molecule has 2 heterocycles. The predicted molar refractivity (Wildman–Crippen MR) is 76.4 cm³/mol. The Morgan fingerprint density at radius 2 is 1.80 bits per heavy atom. The minimum Gasteiger partial charge on any atom is -0.338 e. The number of hydrogen-bond acceptors (Lipinski definition) is 3. The Balaban J connectivity index is 1.75. The topological polar surface area (TPSA) is 59.4 Å². The first-order valence-electron chi connectivity index (χ1n) is 6.32. The molecule has 0 bridgehead atoms. The van der Waals surface area contributed by atoms with E-state index in [0.29, 0.717) is 0 Å². The van der Waals surface area contributed by atoms with Crippen LogP contribution in [0.4, 0.5) is 0 Å². The highest BCUT2D eigenvalue weighted by atomic mass is 15.4. The molecule has 4 aromatic rings. The van der Waals surface area contributed by atoms with Gasteiger partial charge in [-0.3, -0.25) is 0 Å². The van der Waals surface area contributed by atoms with Crippen molar-refractivity contribution in [2.24, 2.45) is 0 Å². The van der Waals surface area contributed by atoms with Crippen LogP contribution >= 0.6 is 0 Å². The highest BCUT2D eigenvalue weighted by Gasteiger charge is 2.05. The van der Waals surface area contributed by atoms with Crippen molar-refractivity contribution >= 4 is 11.0 Å². The fourth-order valence-corrected chi connectivity index (χ4v) is 2.21. The Hall–Kier alpha value is -2.95. The Kier molecular flexibility index (Phi) is 2.35. The molecule has 0 spiro atoms. The number of benzene rings is 2. The van der Waals surface area contributed by atoms with Crippen LogP contribution in [0, 0.1) is 0 Å². The maximum absolute atomic E-state index is 4.59. The lowest BCUT2D eigenvalue weighted by Gasteiger charge is -2.01. The lowest BCUT2D eigenvalue weighted by molar-refractivity contribution is 0.803. The summed E-state index contributed by atoms with van der Waals surface area (Å²) in [7, 11) is 0. The number of imidazole rings is 1. The molecule has 2 aromatic heterocycles. The lowest BCUT2D eigenvalue weighted by Crippen LogP contribution is -1.94. The summed E-state index contributed by atoms with van der Waals surface area (Å²) >= 11 is 0. The summed E-state index contributed by atoms with van der Waals surface area (Å²) in [6.07, 6.45) is 3.48. The Morgan fingerprint density at radius 3 is 2.55 bits per heavy atom. The van der Waals surface area contributed by atoms with E-state index >= 15 is 0 Å². The zero-order valence-electron chi connectivity index (χ0n) is 10.6. The van der Waals surface area contributed by atoms with Crippen LogP contribution in [0.5, 0.6) is 0 Å². The maximum atomic E-state index is 4.59. The number of nitrogens with one attached hydrogen (secondary N) is 1. The second kappa shape index (κ2) is 4.31. The van der Waals surface area contributed by atoms with Gasteiger partial charge in [0.1, 0.15) is 5.82 Å². The van der Waals surface area contributed by atoms with E-state index in [-0.39, 0.29) is 0 Å². The quantitative estimate of drug-likeness (QED) is 0.603. The summed E-state index contributed by atoms with van der Waals surface area (Å²) in [5, 5.41) is 7.77. The number of fused-ring (bicyclic) bond motifs is 1. The number of aromatic nitrogens is 5. The summed E-state index contributed by atoms with van der Waals surface area (Å²) in [6, 6.07) is 16.0. The average molecular weight is 261 g/mol. The van der Waals surface area contributed by atoms with Crippen molar-refractivity contribution in [3.05, 3.63) is 60.9 Å². The van der Waals surface area contributed by atoms with Gasteiger partial charge in [-0.25, -0.2) is 9.67 Å². The average Bonchev–Trinajstić information content (AvgIpc) is 3.17. The molecule has 5 heteroatoms. The molecule has 20 heavy (non-hydrogen) atoms. The van der Waals surface area contributed by atoms with Gasteiger partial charge in [0, 0.05) is 5.56 Å². The number of rotatable bonds is 2. The molecule has 96 valence electrons. The largest absolute Gasteiger partial charge is 0.338 e. The molecule has 0 saturated carbocycles. The third-order valence-corrected chi connectivity index (χ3v) is 3.22. The zero-order valence-corrected chi connectivity index (χ0v) is 10.6. The zero-order chi connectivity index (χ0) is 13.4. The second-order valence-electron chi connectivity index (χ2n) is 4.50. The molecule has 0 aliphatic rings. The molecule has 0 aliphatic carbocycles. The first-order valence-corrected chi connectivity index (χ1v) is 6.32. The minimum atomic E-state index is 0.872. The van der Waals surface area contributed by atoms with Crippen molar-refractivity contribution in [2.45, 2.75) is 0 Å². The van der Waals surface area contributed by atoms with Crippen molar-refractivity contribution in [3.63, 3.8) is 0 Å². The Labute approximate surface area is 114 Å². The van der Waals surface area contributed by atoms with Crippen LogP contribution in [0.3, 0.4) is 0 Å². The number of para-hydroxylation sites is 2. The molecular formula is C15H11N5. The van der Waals surface area contributed by atoms with Gasteiger partial charge >= 0.3 is 0 Å². The van der Waals surface area contributed by atoms with Gasteiger partial charge in [-0.05, 0) is 36.4 Å². The highest BCUT2D eigenvalue weighted by molar-refractivity contribution is 5.79. The summed E-state index contributed by atoms with van der Waals surface area (Å²) < 4.78 is 1.72. The standard InChI is InChI=1S/C15H11N5/c1-2-4-14-13(3-1)17-15(18-14)11-5-7-12(8-6-11)20-10-9-16-19-20/h1-10H,(H,17,18). The fraction of sp³-hybridized carbons (Fsp3) is 0. The normalized spacial score (nSPS) is 11.0. The van der Waals surface area contributed by atoms with E-state index in [1.807, 2.05) is 54.7 Å². The van der Waals surface area contributed by atoms with E-state index in [1.54, 1.807) is 10.9 Å². The van der Waals surface area contributed by atoms with Gasteiger partial charge < -0.3 is 4.98 Å². The van der Waals surface area contributed by atoms with Crippen LogP contribution in [0.15, 0.2) is 60.9 Å². The molecule has 0 unspecified atom stereocenters. The van der Waals surface area contributed by atoms with Gasteiger partial charge in [0.25, 0.3) is 0 Å². The lowest BCUT2D eigenvalue weighted by atomic mass is 10.2. The summed E-state index contributed by atoms with van der Waals surface area (Å²) in [5.74, 6) is 0.872. The fourth-order valence-electron chi connectivity index (χ4n) is 2.21. The van der Waals surface area contributed by atoms with E-state index in [0.717, 1.165) is 28.1 Å². The molecular weight excluding hydrogens is 250 g/mol. The van der Waals surface area contributed by atoms with Crippen LogP contribution in [-0.4, -0.2) is 25.0 Å². The molecule has 2 aromatic carbocycles. The third kappa shape index (κ3) is 1.76. The first kappa shape index (κ1) is 10.9. The predicted octanol–water partition coefficient (Wildman–Crippen LogP) is 2.81. The molecule has 0 fully saturated rings. The first-order chi connectivity index (χ1) is 9.90. The van der Waals surface area contributed by atoms with E-state index in [1.165, 1.54) is 0 Å². The van der Waals surface area contributed by atoms with E-state index in [2.05, 4.69) is 20.3 Å². The highest BCUT2D eigenvalue weighted by Crippen LogP contribution is 2.21. The van der Waals surface area contributed by atoms with E-state index in [9.17, 15) is 0 Å². The molecule has 0 amide bonds. The number of aromatic amines is 1. The molecule has 0 saturated heterocycles. The van der Waals surface area contributed by atoms with Gasteiger partial charge in [0.2, 0.25) is 0 Å². The molecule has 4 rings (SSSR count). The molecule has 5 nitrogen and oxygen atoms in total. The van der Waals surface area contributed by atoms with Crippen LogP contribution in [0.1, 0.15) is 0 Å². The SMILES string of the molecule is c1ccc2[nH]c(-c3ccc(-n4ccnn4)cc3)nc2c1. The number of H-pyrrole nitrogens is 1. The van der Waals surface area contributed by atoms with Crippen LogP contribution in [0.2, 0.25) is 0 Å². The molecule has 0 atom stereocenters. The van der Waals surface area contributed by atoms with E-state index < -0.39 is 0 Å². The van der Waals surface area contributed by atoms with Crippen molar-refractivity contribution in [3.8, 4) is 17.1 Å². The number of nitrogens with zero attached hydrogens (tertiary/aromatic N) is 4. The maximum Gasteiger partial charge on any atom is 0.138 e. The van der Waals surface area contributed by atoms with Crippen LogP contribution in [-0.2, 0) is 0 Å². The third-order valence-electron chi connectivity index (χ3n) is 3.22. The van der Waals surface area contributed by atoms with Crippen molar-refractivity contribution in [1.82, 2.24) is 25.0 Å². The van der Waals surface area contributed by atoms with Gasteiger partial charge in [-0.2, -0.15) is 0 Å². The Bertz CT molecular complexity index is 811. The van der Waals surface area contributed by atoms with Gasteiger partial charge in [0.15, 0.2) is 0 Å². The smallest absolute Gasteiger partial charge is 0.138 e. The van der Waals surface area contributed by atoms with E-state index in [4.69, 9.17) is 0 Å². The monoisotopic (exact) mass is 261 g/mol. The number of hydrogen-bond donors (Lipinski definition) is 1. The summed E-state index contributed by atoms with van der Waals surface area (Å²) in [5.41, 5.74) is 4.04. The van der Waals surface area contributed by atoms with Gasteiger partial charge in [-0.15, -0.1) is 5.10 Å². The van der Waals surface area contributed by atoms with Crippen LogP contribution in [0.25, 0.3) is 28.1 Å². The van der Waals surface area contributed by atoms with Gasteiger partial charge in [-0.1, -0.05) is 17.3 Å². The van der Waals surface area contributed by atoms with Gasteiger partial charge in [0.05, 0.1) is 29.1 Å². The van der Waals surface area contributed by atoms with Crippen molar-refractivity contribution in [2.75, 3.05) is 0 Å². The molecule has 0 aliphatic heterocycles. The molecule has 1 N–H and O–H groups in total. The van der Waals surface area contributed by atoms with Crippen molar-refractivity contribution < 1.29 is 0 Å².